The van der Waals surface area contributed by atoms with Crippen LogP contribution in [0.5, 0.6) is 0 Å². The minimum Gasteiger partial charge on any atom is -0.370 e. The summed E-state index contributed by atoms with van der Waals surface area (Å²) in [6.45, 7) is 12.1. The Morgan fingerprint density at radius 3 is 2.57 bits per heavy atom. The summed E-state index contributed by atoms with van der Waals surface area (Å²) in [5.41, 5.74) is 2.40. The van der Waals surface area contributed by atoms with E-state index in [1.165, 1.54) is 5.56 Å². The number of anilines is 1. The fraction of sp³-hybridized carbons (Fsp3) is 0.750. The van der Waals surface area contributed by atoms with E-state index in [4.69, 9.17) is 9.97 Å². The summed E-state index contributed by atoms with van der Waals surface area (Å²) in [5.74, 6) is 3.19. The van der Waals surface area contributed by atoms with Gasteiger partial charge in [-0.2, -0.15) is 11.8 Å². The van der Waals surface area contributed by atoms with Crippen molar-refractivity contribution in [1.82, 2.24) is 9.97 Å². The Balaban J connectivity index is 2.25. The van der Waals surface area contributed by atoms with Gasteiger partial charge in [0.25, 0.3) is 0 Å². The van der Waals surface area contributed by atoms with Gasteiger partial charge in [-0.1, -0.05) is 27.7 Å². The lowest BCUT2D eigenvalue weighted by Crippen LogP contribution is -2.23. The molecule has 0 amide bonds. The van der Waals surface area contributed by atoms with E-state index in [1.54, 1.807) is 0 Å². The molecule has 2 heterocycles. The van der Waals surface area contributed by atoms with E-state index in [1.807, 2.05) is 23.5 Å². The molecule has 1 aliphatic heterocycles. The van der Waals surface area contributed by atoms with Crippen LogP contribution < -0.4 is 5.32 Å². The van der Waals surface area contributed by atoms with Crippen LogP contribution in [0.2, 0.25) is 0 Å². The monoisotopic (exact) mass is 325 g/mol. The first-order valence-corrected chi connectivity index (χ1v) is 9.94. The number of thioether (sulfide) groups is 2. The number of rotatable bonds is 5. The topological polar surface area (TPSA) is 37.8 Å². The molecule has 2 rings (SSSR count). The van der Waals surface area contributed by atoms with E-state index in [0.717, 1.165) is 47.7 Å². The van der Waals surface area contributed by atoms with Crippen LogP contribution in [0.25, 0.3) is 0 Å². The number of nitrogens with zero attached hydrogens (tertiary/aromatic N) is 2. The van der Waals surface area contributed by atoms with Crippen molar-refractivity contribution in [3.05, 3.63) is 17.1 Å². The van der Waals surface area contributed by atoms with Crippen LogP contribution in [0.3, 0.4) is 0 Å². The van der Waals surface area contributed by atoms with E-state index >= 15 is 0 Å². The minimum absolute atomic E-state index is 0.424. The second-order valence-electron chi connectivity index (χ2n) is 5.64. The molecular formula is C16H27N3S2. The molecule has 3 atom stereocenters. The summed E-state index contributed by atoms with van der Waals surface area (Å²) in [5, 5.41) is 5.30. The van der Waals surface area contributed by atoms with Crippen LogP contribution in [-0.2, 0) is 6.42 Å². The maximum absolute atomic E-state index is 4.87. The van der Waals surface area contributed by atoms with Crippen LogP contribution in [-0.4, -0.2) is 32.8 Å². The Kier molecular flexibility index (Phi) is 6.23. The molecule has 21 heavy (non-hydrogen) atoms. The SMILES string of the molecule is CCCNc1nc(C2CSC(C)C(C)S2)nc(C)c1CC. The summed E-state index contributed by atoms with van der Waals surface area (Å²) in [4.78, 5) is 9.68. The molecule has 3 unspecified atom stereocenters. The number of hydrogen-bond acceptors (Lipinski definition) is 5. The average Bonchev–Trinajstić information content (AvgIpc) is 2.47. The maximum Gasteiger partial charge on any atom is 0.144 e. The highest BCUT2D eigenvalue weighted by Crippen LogP contribution is 2.43. The average molecular weight is 326 g/mol. The normalized spacial score (nSPS) is 25.9. The quantitative estimate of drug-likeness (QED) is 0.864. The van der Waals surface area contributed by atoms with Gasteiger partial charge in [0.05, 0.1) is 5.25 Å². The Morgan fingerprint density at radius 1 is 1.19 bits per heavy atom. The van der Waals surface area contributed by atoms with Gasteiger partial charge in [-0.3, -0.25) is 0 Å². The van der Waals surface area contributed by atoms with Crippen molar-refractivity contribution in [2.24, 2.45) is 0 Å². The number of aromatic nitrogens is 2. The Labute approximate surface area is 137 Å². The highest BCUT2D eigenvalue weighted by molar-refractivity contribution is 8.07. The van der Waals surface area contributed by atoms with Crippen molar-refractivity contribution < 1.29 is 0 Å². The summed E-state index contributed by atoms with van der Waals surface area (Å²) in [7, 11) is 0. The van der Waals surface area contributed by atoms with Gasteiger partial charge >= 0.3 is 0 Å². The Bertz CT molecular complexity index is 479. The molecule has 1 aromatic heterocycles. The molecule has 0 radical (unpaired) electrons. The molecule has 1 aromatic rings. The van der Waals surface area contributed by atoms with Crippen LogP contribution in [0.4, 0.5) is 5.82 Å². The molecule has 1 fully saturated rings. The predicted molar refractivity (Wildman–Crippen MR) is 96.6 cm³/mol. The van der Waals surface area contributed by atoms with Crippen molar-refractivity contribution in [2.75, 3.05) is 17.6 Å². The number of aryl methyl sites for hydroxylation is 1. The smallest absolute Gasteiger partial charge is 0.144 e. The molecule has 1 saturated heterocycles. The fourth-order valence-corrected chi connectivity index (χ4v) is 5.34. The van der Waals surface area contributed by atoms with Gasteiger partial charge in [0.2, 0.25) is 0 Å². The third kappa shape index (κ3) is 4.07. The molecule has 0 bridgehead atoms. The largest absolute Gasteiger partial charge is 0.370 e. The zero-order valence-electron chi connectivity index (χ0n) is 13.8. The molecule has 0 aromatic carbocycles. The van der Waals surface area contributed by atoms with Crippen LogP contribution in [0, 0.1) is 6.92 Å². The second kappa shape index (κ2) is 7.73. The standard InChI is InChI=1S/C16H27N3S2/c1-6-8-17-15-13(7-2)10(3)18-16(19-15)14-9-20-11(4)12(5)21-14/h11-12,14H,6-9H2,1-5H3,(H,17,18,19). The summed E-state index contributed by atoms with van der Waals surface area (Å²) < 4.78 is 0. The first-order valence-electron chi connectivity index (χ1n) is 7.95. The molecule has 118 valence electrons. The van der Waals surface area contributed by atoms with Gasteiger partial charge in [-0.05, 0) is 19.8 Å². The van der Waals surface area contributed by atoms with Crippen LogP contribution >= 0.6 is 23.5 Å². The van der Waals surface area contributed by atoms with Gasteiger partial charge in [0, 0.05) is 34.1 Å². The third-order valence-electron chi connectivity index (χ3n) is 3.97. The van der Waals surface area contributed by atoms with Gasteiger partial charge in [-0.15, -0.1) is 11.8 Å². The van der Waals surface area contributed by atoms with Crippen LogP contribution in [0.15, 0.2) is 0 Å². The van der Waals surface area contributed by atoms with E-state index in [-0.39, 0.29) is 0 Å². The van der Waals surface area contributed by atoms with E-state index in [9.17, 15) is 0 Å². The van der Waals surface area contributed by atoms with E-state index in [0.29, 0.717) is 10.5 Å². The number of hydrogen-bond donors (Lipinski definition) is 1. The first-order chi connectivity index (χ1) is 10.1. The Morgan fingerprint density at radius 2 is 1.95 bits per heavy atom. The van der Waals surface area contributed by atoms with Gasteiger partial charge in [0.15, 0.2) is 0 Å². The molecule has 0 saturated carbocycles. The van der Waals surface area contributed by atoms with Crippen molar-refractivity contribution in [3.8, 4) is 0 Å². The van der Waals surface area contributed by atoms with Gasteiger partial charge in [-0.25, -0.2) is 9.97 Å². The van der Waals surface area contributed by atoms with Crippen molar-refractivity contribution in [1.29, 1.82) is 0 Å². The second-order valence-corrected chi connectivity index (χ2v) is 8.64. The van der Waals surface area contributed by atoms with Crippen molar-refractivity contribution >= 4 is 29.3 Å². The third-order valence-corrected chi connectivity index (χ3v) is 7.35. The molecular weight excluding hydrogens is 298 g/mol. The fourth-order valence-electron chi connectivity index (χ4n) is 2.49. The molecule has 1 aliphatic rings. The zero-order valence-corrected chi connectivity index (χ0v) is 15.4. The zero-order chi connectivity index (χ0) is 15.4. The summed E-state index contributed by atoms with van der Waals surface area (Å²) in [6, 6.07) is 0. The number of nitrogens with one attached hydrogen (secondary N) is 1. The lowest BCUT2D eigenvalue weighted by molar-refractivity contribution is 0.837. The van der Waals surface area contributed by atoms with Crippen LogP contribution in [0.1, 0.15) is 56.4 Å². The molecule has 0 spiro atoms. The van der Waals surface area contributed by atoms with E-state index < -0.39 is 0 Å². The highest BCUT2D eigenvalue weighted by atomic mass is 32.2. The summed E-state index contributed by atoms with van der Waals surface area (Å²) in [6.07, 6.45) is 2.10. The minimum atomic E-state index is 0.424. The maximum atomic E-state index is 4.87. The van der Waals surface area contributed by atoms with Crippen molar-refractivity contribution in [2.45, 2.75) is 63.2 Å². The molecule has 3 nitrogen and oxygen atoms in total. The first kappa shape index (κ1) is 16.9. The molecule has 1 N–H and O–H groups in total. The van der Waals surface area contributed by atoms with Gasteiger partial charge in [0.1, 0.15) is 11.6 Å². The Hall–Kier alpha value is -0.420. The predicted octanol–water partition coefficient (Wildman–Crippen LogP) is 4.47. The summed E-state index contributed by atoms with van der Waals surface area (Å²) >= 11 is 4.08. The van der Waals surface area contributed by atoms with Crippen molar-refractivity contribution in [3.63, 3.8) is 0 Å². The molecule has 5 heteroatoms. The molecule has 0 aliphatic carbocycles. The lowest BCUT2D eigenvalue weighted by Gasteiger charge is -2.30. The van der Waals surface area contributed by atoms with E-state index in [2.05, 4.69) is 39.9 Å². The van der Waals surface area contributed by atoms with Gasteiger partial charge < -0.3 is 5.32 Å². The lowest BCUT2D eigenvalue weighted by atomic mass is 10.1. The highest BCUT2D eigenvalue weighted by Gasteiger charge is 2.29.